The largest absolute Gasteiger partial charge is 0.316 e. The fraction of sp³-hybridized carbons (Fsp3) is 0.500. The summed E-state index contributed by atoms with van der Waals surface area (Å²) in [5.74, 6) is 2.56. The third-order valence-corrected chi connectivity index (χ3v) is 3.98. The van der Waals surface area contributed by atoms with Crippen LogP contribution in [0.25, 0.3) is 0 Å². The Hall–Kier alpha value is -0.530. The van der Waals surface area contributed by atoms with Crippen LogP contribution in [0.4, 0.5) is 0 Å². The third kappa shape index (κ3) is 1.27. The van der Waals surface area contributed by atoms with E-state index in [0.717, 1.165) is 22.8 Å². The monoisotopic (exact) mass is 207 g/mol. The minimum absolute atomic E-state index is 0.758. The lowest BCUT2D eigenvalue weighted by molar-refractivity contribution is 0.191. The van der Waals surface area contributed by atoms with Crippen molar-refractivity contribution in [3.63, 3.8) is 0 Å². The predicted octanol–water partition coefficient (Wildman–Crippen LogP) is 2.66. The maximum atomic E-state index is 6.00. The second kappa shape index (κ2) is 3.25. The van der Waals surface area contributed by atoms with Crippen LogP contribution in [-0.4, -0.2) is 13.1 Å². The maximum Gasteiger partial charge on any atom is 0.0408 e. The van der Waals surface area contributed by atoms with Crippen LogP contribution in [0, 0.1) is 11.8 Å². The lowest BCUT2D eigenvalue weighted by atomic mass is 9.64. The van der Waals surface area contributed by atoms with Crippen LogP contribution < -0.4 is 5.32 Å². The van der Waals surface area contributed by atoms with Crippen molar-refractivity contribution in [1.29, 1.82) is 0 Å². The van der Waals surface area contributed by atoms with Gasteiger partial charge in [0.2, 0.25) is 0 Å². The summed E-state index contributed by atoms with van der Waals surface area (Å²) in [6.45, 7) is 2.42. The molecule has 1 nitrogen and oxygen atoms in total. The Balaban J connectivity index is 1.83. The van der Waals surface area contributed by atoms with Crippen molar-refractivity contribution >= 4 is 11.6 Å². The first-order valence-corrected chi connectivity index (χ1v) is 5.68. The summed E-state index contributed by atoms with van der Waals surface area (Å²) < 4.78 is 0. The molecule has 1 heterocycles. The van der Waals surface area contributed by atoms with Crippen LogP contribution in [0.15, 0.2) is 24.3 Å². The number of benzene rings is 1. The van der Waals surface area contributed by atoms with Gasteiger partial charge in [0, 0.05) is 5.02 Å². The van der Waals surface area contributed by atoms with Crippen molar-refractivity contribution in [2.24, 2.45) is 11.8 Å². The van der Waals surface area contributed by atoms with Crippen LogP contribution in [-0.2, 0) is 0 Å². The third-order valence-electron chi connectivity index (χ3n) is 3.74. The van der Waals surface area contributed by atoms with E-state index >= 15 is 0 Å². The van der Waals surface area contributed by atoms with E-state index in [2.05, 4.69) is 23.5 Å². The molecule has 2 fully saturated rings. The molecule has 74 valence electrons. The van der Waals surface area contributed by atoms with Crippen LogP contribution in [0.2, 0.25) is 5.02 Å². The molecule has 14 heavy (non-hydrogen) atoms. The Kier molecular flexibility index (Phi) is 2.03. The summed E-state index contributed by atoms with van der Waals surface area (Å²) in [4.78, 5) is 0. The Labute approximate surface area is 89.5 Å². The van der Waals surface area contributed by atoms with Crippen molar-refractivity contribution in [1.82, 2.24) is 5.32 Å². The van der Waals surface area contributed by atoms with Gasteiger partial charge in [-0.05, 0) is 55.0 Å². The summed E-state index contributed by atoms with van der Waals surface area (Å²) in [5.41, 5.74) is 1.43. The van der Waals surface area contributed by atoms with Gasteiger partial charge in [-0.3, -0.25) is 0 Å². The molecule has 1 saturated heterocycles. The molecule has 3 rings (SSSR count). The van der Waals surface area contributed by atoms with Gasteiger partial charge < -0.3 is 5.32 Å². The van der Waals surface area contributed by atoms with Gasteiger partial charge in [-0.25, -0.2) is 0 Å². The lowest BCUT2D eigenvalue weighted by Crippen LogP contribution is -2.33. The fourth-order valence-corrected chi connectivity index (χ4v) is 3.11. The molecule has 1 aliphatic heterocycles. The summed E-state index contributed by atoms with van der Waals surface area (Å²) in [7, 11) is 0. The van der Waals surface area contributed by atoms with Gasteiger partial charge >= 0.3 is 0 Å². The Bertz CT molecular complexity index is 350. The number of fused-ring (bicyclic) bond motifs is 1. The Morgan fingerprint density at radius 1 is 1.29 bits per heavy atom. The van der Waals surface area contributed by atoms with E-state index in [0.29, 0.717) is 0 Å². The van der Waals surface area contributed by atoms with Gasteiger partial charge in [0.05, 0.1) is 0 Å². The van der Waals surface area contributed by atoms with Crippen molar-refractivity contribution in [3.8, 4) is 0 Å². The van der Waals surface area contributed by atoms with Crippen LogP contribution >= 0.6 is 11.6 Å². The Morgan fingerprint density at radius 2 is 2.21 bits per heavy atom. The lowest BCUT2D eigenvalue weighted by Gasteiger charge is -2.40. The molecule has 2 heteroatoms. The quantitative estimate of drug-likeness (QED) is 0.747. The highest BCUT2D eigenvalue weighted by atomic mass is 35.5. The first kappa shape index (κ1) is 8.75. The molecule has 1 aromatic carbocycles. The molecule has 1 aromatic rings. The van der Waals surface area contributed by atoms with E-state index in [9.17, 15) is 0 Å². The molecule has 1 N–H and O–H groups in total. The first-order valence-electron chi connectivity index (χ1n) is 5.31. The highest BCUT2D eigenvalue weighted by Crippen LogP contribution is 2.49. The van der Waals surface area contributed by atoms with Crippen molar-refractivity contribution < 1.29 is 0 Å². The predicted molar refractivity (Wildman–Crippen MR) is 58.7 cm³/mol. The zero-order valence-electron chi connectivity index (χ0n) is 8.04. The molecule has 3 atom stereocenters. The van der Waals surface area contributed by atoms with Gasteiger partial charge in [0.1, 0.15) is 0 Å². The molecule has 0 bridgehead atoms. The SMILES string of the molecule is Clc1cccc([C@@H]2C[C@H]3CNC[C@H]32)c1. The molecule has 1 saturated carbocycles. The molecule has 0 amide bonds. The van der Waals surface area contributed by atoms with E-state index in [1.807, 2.05) is 6.07 Å². The number of hydrogen-bond donors (Lipinski definition) is 1. The molecule has 0 radical (unpaired) electrons. The van der Waals surface area contributed by atoms with Gasteiger partial charge in [0.25, 0.3) is 0 Å². The molecular weight excluding hydrogens is 194 g/mol. The molecule has 2 aliphatic rings. The second-order valence-corrected chi connectivity index (χ2v) is 4.92. The second-order valence-electron chi connectivity index (χ2n) is 4.48. The minimum atomic E-state index is 0.758. The average Bonchev–Trinajstić information content (AvgIpc) is 2.48. The van der Waals surface area contributed by atoms with Crippen molar-refractivity contribution in [3.05, 3.63) is 34.9 Å². The van der Waals surface area contributed by atoms with Gasteiger partial charge in [-0.1, -0.05) is 23.7 Å². The highest BCUT2D eigenvalue weighted by Gasteiger charge is 2.44. The van der Waals surface area contributed by atoms with E-state index in [-0.39, 0.29) is 0 Å². The van der Waals surface area contributed by atoms with E-state index in [1.54, 1.807) is 0 Å². The smallest absolute Gasteiger partial charge is 0.0408 e. The molecule has 1 aliphatic carbocycles. The van der Waals surface area contributed by atoms with Crippen molar-refractivity contribution in [2.75, 3.05) is 13.1 Å². The number of rotatable bonds is 1. The average molecular weight is 208 g/mol. The normalized spacial score (nSPS) is 35.1. The fourth-order valence-electron chi connectivity index (χ4n) is 2.91. The number of nitrogens with one attached hydrogen (secondary N) is 1. The molecular formula is C12H14ClN. The highest BCUT2D eigenvalue weighted by molar-refractivity contribution is 6.30. The number of hydrogen-bond acceptors (Lipinski definition) is 1. The van der Waals surface area contributed by atoms with Gasteiger partial charge in [-0.15, -0.1) is 0 Å². The zero-order chi connectivity index (χ0) is 9.54. The summed E-state index contributed by atoms with van der Waals surface area (Å²) in [6, 6.07) is 8.35. The van der Waals surface area contributed by atoms with Crippen LogP contribution in [0.5, 0.6) is 0 Å². The summed E-state index contributed by atoms with van der Waals surface area (Å²) in [5, 5.41) is 4.34. The molecule has 0 unspecified atom stereocenters. The topological polar surface area (TPSA) is 12.0 Å². The maximum absolute atomic E-state index is 6.00. The Morgan fingerprint density at radius 3 is 3.00 bits per heavy atom. The van der Waals surface area contributed by atoms with Crippen LogP contribution in [0.3, 0.4) is 0 Å². The van der Waals surface area contributed by atoms with Gasteiger partial charge in [-0.2, -0.15) is 0 Å². The summed E-state index contributed by atoms with van der Waals surface area (Å²) in [6.07, 6.45) is 1.35. The van der Waals surface area contributed by atoms with E-state index in [1.165, 1.54) is 25.1 Å². The van der Waals surface area contributed by atoms with E-state index < -0.39 is 0 Å². The summed E-state index contributed by atoms with van der Waals surface area (Å²) >= 11 is 6.00. The minimum Gasteiger partial charge on any atom is -0.316 e. The number of halogens is 1. The molecule has 0 aromatic heterocycles. The molecule has 0 spiro atoms. The standard InChI is InChI=1S/C12H14ClN/c13-10-3-1-2-8(4-10)11-5-9-6-14-7-12(9)11/h1-4,9,11-12,14H,5-7H2/t9-,11-,12+/m0/s1. The zero-order valence-corrected chi connectivity index (χ0v) is 8.80. The first-order chi connectivity index (χ1) is 6.84. The van der Waals surface area contributed by atoms with Crippen molar-refractivity contribution in [2.45, 2.75) is 12.3 Å². The van der Waals surface area contributed by atoms with Crippen LogP contribution in [0.1, 0.15) is 17.9 Å². The van der Waals surface area contributed by atoms with E-state index in [4.69, 9.17) is 11.6 Å². The van der Waals surface area contributed by atoms with Gasteiger partial charge in [0.15, 0.2) is 0 Å².